The van der Waals surface area contributed by atoms with Gasteiger partial charge in [-0.1, -0.05) is 12.8 Å². The monoisotopic (exact) mass is 389 g/mol. The van der Waals surface area contributed by atoms with Gasteiger partial charge in [0.2, 0.25) is 11.8 Å². The highest BCUT2D eigenvalue weighted by molar-refractivity contribution is 7.13. The van der Waals surface area contributed by atoms with Gasteiger partial charge in [-0.05, 0) is 25.0 Å². The van der Waals surface area contributed by atoms with Gasteiger partial charge in [-0.15, -0.1) is 11.3 Å². The van der Waals surface area contributed by atoms with Crippen molar-refractivity contribution in [2.24, 2.45) is 5.92 Å². The quantitative estimate of drug-likeness (QED) is 0.757. The summed E-state index contributed by atoms with van der Waals surface area (Å²) in [7, 11) is 3.10. The Bertz CT molecular complexity index is 815. The summed E-state index contributed by atoms with van der Waals surface area (Å²) < 4.78 is 10.4. The first-order valence-corrected chi connectivity index (χ1v) is 9.74. The van der Waals surface area contributed by atoms with E-state index in [9.17, 15) is 9.59 Å². The second-order valence-electron chi connectivity index (χ2n) is 6.41. The third kappa shape index (κ3) is 4.97. The van der Waals surface area contributed by atoms with Crippen LogP contribution in [0.15, 0.2) is 23.6 Å². The Kier molecular flexibility index (Phi) is 6.28. The molecular weight excluding hydrogens is 366 g/mol. The van der Waals surface area contributed by atoms with E-state index >= 15 is 0 Å². The van der Waals surface area contributed by atoms with Crippen LogP contribution >= 0.6 is 11.3 Å². The molecule has 3 rings (SSSR count). The lowest BCUT2D eigenvalue weighted by molar-refractivity contribution is -0.119. The number of ether oxygens (including phenoxy) is 2. The SMILES string of the molecule is COc1ccc(NC(=O)Cc2csc(NC(=O)C3CCCC3)n2)c(OC)c1. The summed E-state index contributed by atoms with van der Waals surface area (Å²) in [6.45, 7) is 0. The van der Waals surface area contributed by atoms with Gasteiger partial charge in [0.15, 0.2) is 5.13 Å². The average molecular weight is 389 g/mol. The molecule has 1 aliphatic carbocycles. The molecule has 144 valence electrons. The number of aromatic nitrogens is 1. The number of thiazole rings is 1. The van der Waals surface area contributed by atoms with Gasteiger partial charge in [0.25, 0.3) is 0 Å². The Morgan fingerprint density at radius 2 is 1.96 bits per heavy atom. The van der Waals surface area contributed by atoms with Crippen molar-refractivity contribution >= 4 is 34.0 Å². The molecule has 2 N–H and O–H groups in total. The molecule has 27 heavy (non-hydrogen) atoms. The van der Waals surface area contributed by atoms with E-state index < -0.39 is 0 Å². The highest BCUT2D eigenvalue weighted by atomic mass is 32.1. The van der Waals surface area contributed by atoms with Gasteiger partial charge in [0.1, 0.15) is 11.5 Å². The van der Waals surface area contributed by atoms with Crippen LogP contribution < -0.4 is 20.1 Å². The van der Waals surface area contributed by atoms with E-state index in [1.807, 2.05) is 0 Å². The summed E-state index contributed by atoms with van der Waals surface area (Å²) in [6.07, 6.45) is 4.21. The molecule has 8 heteroatoms. The maximum atomic E-state index is 12.3. The minimum atomic E-state index is -0.211. The summed E-state index contributed by atoms with van der Waals surface area (Å²) in [5, 5.41) is 8.00. The number of anilines is 2. The maximum Gasteiger partial charge on any atom is 0.230 e. The summed E-state index contributed by atoms with van der Waals surface area (Å²) in [5.41, 5.74) is 1.18. The van der Waals surface area contributed by atoms with Crippen molar-refractivity contribution in [3.8, 4) is 11.5 Å². The molecule has 0 bridgehead atoms. The molecule has 1 fully saturated rings. The van der Waals surface area contributed by atoms with Crippen LogP contribution in [0.3, 0.4) is 0 Å². The molecule has 7 nitrogen and oxygen atoms in total. The zero-order valence-corrected chi connectivity index (χ0v) is 16.2. The van der Waals surface area contributed by atoms with Gasteiger partial charge in [0.05, 0.1) is 32.0 Å². The van der Waals surface area contributed by atoms with Crippen molar-refractivity contribution < 1.29 is 19.1 Å². The number of nitrogens with zero attached hydrogens (tertiary/aromatic N) is 1. The van der Waals surface area contributed by atoms with Crippen molar-refractivity contribution in [1.82, 2.24) is 4.98 Å². The molecule has 2 amide bonds. The Morgan fingerprint density at radius 3 is 2.67 bits per heavy atom. The van der Waals surface area contributed by atoms with Gasteiger partial charge in [-0.3, -0.25) is 9.59 Å². The first-order chi connectivity index (χ1) is 13.1. The molecule has 0 unspecified atom stereocenters. The van der Waals surface area contributed by atoms with Crippen molar-refractivity contribution in [3.05, 3.63) is 29.3 Å². The fraction of sp³-hybridized carbons (Fsp3) is 0.421. The van der Waals surface area contributed by atoms with Crippen molar-refractivity contribution in [2.45, 2.75) is 32.1 Å². The van der Waals surface area contributed by atoms with E-state index in [1.54, 1.807) is 30.7 Å². The topological polar surface area (TPSA) is 89.6 Å². The Balaban J connectivity index is 1.57. The molecule has 1 aromatic carbocycles. The van der Waals surface area contributed by atoms with Gasteiger partial charge in [-0.2, -0.15) is 0 Å². The normalized spacial score (nSPS) is 14.0. The first-order valence-electron chi connectivity index (χ1n) is 8.86. The smallest absolute Gasteiger partial charge is 0.230 e. The van der Waals surface area contributed by atoms with Crippen LogP contribution in [-0.4, -0.2) is 31.0 Å². The van der Waals surface area contributed by atoms with Gasteiger partial charge < -0.3 is 20.1 Å². The molecule has 1 aliphatic rings. The van der Waals surface area contributed by atoms with Crippen molar-refractivity contribution in [1.29, 1.82) is 0 Å². The standard InChI is InChI=1S/C19H23N3O4S/c1-25-14-7-8-15(16(10-14)26-2)21-17(23)9-13-11-27-19(20-13)22-18(24)12-5-3-4-6-12/h7-8,10-12H,3-6,9H2,1-2H3,(H,21,23)(H,20,22,24). The lowest BCUT2D eigenvalue weighted by Crippen LogP contribution is -2.20. The molecule has 0 aliphatic heterocycles. The lowest BCUT2D eigenvalue weighted by atomic mass is 10.1. The summed E-state index contributed by atoms with van der Waals surface area (Å²) in [6, 6.07) is 5.18. The highest BCUT2D eigenvalue weighted by Gasteiger charge is 2.23. The van der Waals surface area contributed by atoms with E-state index in [0.29, 0.717) is 28.0 Å². The molecule has 1 heterocycles. The van der Waals surface area contributed by atoms with Crippen molar-refractivity contribution in [2.75, 3.05) is 24.9 Å². The predicted octanol–water partition coefficient (Wildman–Crippen LogP) is 3.47. The van der Waals surface area contributed by atoms with E-state index in [4.69, 9.17) is 9.47 Å². The summed E-state index contributed by atoms with van der Waals surface area (Å²) >= 11 is 1.33. The lowest BCUT2D eigenvalue weighted by Gasteiger charge is -2.11. The van der Waals surface area contributed by atoms with Gasteiger partial charge in [-0.25, -0.2) is 4.98 Å². The van der Waals surface area contributed by atoms with Crippen LogP contribution in [-0.2, 0) is 16.0 Å². The van der Waals surface area contributed by atoms with E-state index in [1.165, 1.54) is 18.4 Å². The molecule has 0 spiro atoms. The van der Waals surface area contributed by atoms with Crippen LogP contribution in [0.25, 0.3) is 0 Å². The van der Waals surface area contributed by atoms with Crippen LogP contribution in [0.5, 0.6) is 11.5 Å². The number of benzene rings is 1. The largest absolute Gasteiger partial charge is 0.497 e. The van der Waals surface area contributed by atoms with E-state index in [2.05, 4.69) is 15.6 Å². The van der Waals surface area contributed by atoms with Gasteiger partial charge >= 0.3 is 0 Å². The van der Waals surface area contributed by atoms with E-state index in [0.717, 1.165) is 25.7 Å². The third-order valence-corrected chi connectivity index (χ3v) is 5.34. The molecule has 1 aromatic heterocycles. The Hall–Kier alpha value is -2.61. The minimum Gasteiger partial charge on any atom is -0.497 e. The Labute approximate surface area is 162 Å². The van der Waals surface area contributed by atoms with Crippen molar-refractivity contribution in [3.63, 3.8) is 0 Å². The number of carbonyl (C=O) groups is 2. The summed E-state index contributed by atoms with van der Waals surface area (Å²) in [5.74, 6) is 1.07. The number of nitrogens with one attached hydrogen (secondary N) is 2. The fourth-order valence-corrected chi connectivity index (χ4v) is 3.81. The zero-order chi connectivity index (χ0) is 19.2. The molecular formula is C19H23N3O4S. The van der Waals surface area contributed by atoms with Crippen LogP contribution in [0, 0.1) is 5.92 Å². The number of rotatable bonds is 7. The second-order valence-corrected chi connectivity index (χ2v) is 7.26. The number of carbonyl (C=O) groups excluding carboxylic acids is 2. The highest BCUT2D eigenvalue weighted by Crippen LogP contribution is 2.29. The molecule has 1 saturated carbocycles. The van der Waals surface area contributed by atoms with Crippen LogP contribution in [0.2, 0.25) is 0 Å². The third-order valence-electron chi connectivity index (χ3n) is 4.53. The van der Waals surface area contributed by atoms with Crippen LogP contribution in [0.4, 0.5) is 10.8 Å². The maximum absolute atomic E-state index is 12.3. The van der Waals surface area contributed by atoms with E-state index in [-0.39, 0.29) is 24.2 Å². The molecule has 2 aromatic rings. The predicted molar refractivity (Wildman–Crippen MR) is 105 cm³/mol. The Morgan fingerprint density at radius 1 is 1.19 bits per heavy atom. The minimum absolute atomic E-state index is 0.0285. The number of methoxy groups -OCH3 is 2. The number of hydrogen-bond acceptors (Lipinski definition) is 6. The molecule has 0 saturated heterocycles. The zero-order valence-electron chi connectivity index (χ0n) is 15.4. The molecule has 0 radical (unpaired) electrons. The van der Waals surface area contributed by atoms with Gasteiger partial charge in [0, 0.05) is 17.4 Å². The second kappa shape index (κ2) is 8.85. The fourth-order valence-electron chi connectivity index (χ4n) is 3.10. The first kappa shape index (κ1) is 19.2. The summed E-state index contributed by atoms with van der Waals surface area (Å²) in [4.78, 5) is 28.8. The van der Waals surface area contributed by atoms with Crippen LogP contribution in [0.1, 0.15) is 31.4 Å². The molecule has 0 atom stereocenters. The average Bonchev–Trinajstić information content (AvgIpc) is 3.34. The number of hydrogen-bond donors (Lipinski definition) is 2. The number of amides is 2.